The van der Waals surface area contributed by atoms with Gasteiger partial charge in [-0.2, -0.15) is 13.2 Å². The van der Waals surface area contributed by atoms with Gasteiger partial charge in [0.1, 0.15) is 0 Å². The second-order valence-electron chi connectivity index (χ2n) is 6.84. The minimum atomic E-state index is -4.11. The molecule has 1 nitrogen and oxygen atoms in total. The Morgan fingerprint density at radius 3 is 1.85 bits per heavy atom. The summed E-state index contributed by atoms with van der Waals surface area (Å²) in [5.74, 6) is 0. The number of alkyl halides is 3. The van der Waals surface area contributed by atoms with Gasteiger partial charge in [-0.1, -0.05) is 18.8 Å². The molecule has 0 heterocycles. The number of hydrogen-bond donors (Lipinski definition) is 0. The molecule has 0 aliphatic heterocycles. The zero-order valence-corrected chi connectivity index (χ0v) is 16.2. The molecule has 0 aliphatic rings. The third kappa shape index (κ3) is 8.23. The predicted molar refractivity (Wildman–Crippen MR) is 88.3 cm³/mol. The van der Waals surface area contributed by atoms with E-state index < -0.39 is 37.3 Å². The molecule has 7 heteroatoms. The van der Waals surface area contributed by atoms with Crippen molar-refractivity contribution in [2.24, 2.45) is 0 Å². The van der Waals surface area contributed by atoms with Crippen LogP contribution >= 0.6 is 0 Å². The molecule has 0 amide bonds. The van der Waals surface area contributed by atoms with E-state index in [4.69, 9.17) is 4.12 Å². The first-order valence-electron chi connectivity index (χ1n) is 6.78. The van der Waals surface area contributed by atoms with Crippen molar-refractivity contribution in [3.05, 3.63) is 24.6 Å². The van der Waals surface area contributed by atoms with Gasteiger partial charge in [0.15, 0.2) is 16.6 Å². The fourth-order valence-corrected chi connectivity index (χ4v) is 18.9. The standard InChI is InChI=1S/C13H27F3OSi3/c1-8-18(3,4)12-20(7,11-10-13(14,15)16)17-19(5,6)9-2/h8-9H,1-2,10-12H2,3-7H3. The third-order valence-corrected chi connectivity index (χ3v) is 17.4. The van der Waals surface area contributed by atoms with Gasteiger partial charge in [-0.25, -0.2) is 0 Å². The average Bonchev–Trinajstić information content (AvgIpc) is 2.24. The SMILES string of the molecule is C=C[Si](C)(C)C[Si](C)(CCC(F)(F)F)O[Si](C)(C)C=C. The summed E-state index contributed by atoms with van der Waals surface area (Å²) in [6, 6.07) is 0.130. The topological polar surface area (TPSA) is 9.23 Å². The van der Waals surface area contributed by atoms with E-state index in [1.165, 1.54) is 0 Å². The van der Waals surface area contributed by atoms with Crippen molar-refractivity contribution in [1.29, 1.82) is 0 Å². The van der Waals surface area contributed by atoms with Crippen LogP contribution in [-0.2, 0) is 4.12 Å². The van der Waals surface area contributed by atoms with Crippen molar-refractivity contribution >= 4 is 24.7 Å². The molecule has 118 valence electrons. The van der Waals surface area contributed by atoms with Gasteiger partial charge in [-0.15, -0.1) is 18.9 Å². The van der Waals surface area contributed by atoms with Crippen molar-refractivity contribution in [3.8, 4) is 0 Å². The highest BCUT2D eigenvalue weighted by molar-refractivity contribution is 6.99. The van der Waals surface area contributed by atoms with Crippen LogP contribution in [-0.4, -0.2) is 30.9 Å². The van der Waals surface area contributed by atoms with Gasteiger partial charge >= 0.3 is 6.18 Å². The Hall–Kier alpha value is -0.119. The summed E-state index contributed by atoms with van der Waals surface area (Å²) in [7, 11) is -6.19. The molecule has 0 N–H and O–H groups in total. The monoisotopic (exact) mass is 340 g/mol. The highest BCUT2D eigenvalue weighted by atomic mass is 28.4. The normalized spacial score (nSPS) is 16.6. The van der Waals surface area contributed by atoms with Crippen molar-refractivity contribution in [3.63, 3.8) is 0 Å². The smallest absolute Gasteiger partial charge is 0.388 e. The highest BCUT2D eigenvalue weighted by Gasteiger charge is 2.42. The van der Waals surface area contributed by atoms with Gasteiger partial charge in [-0.3, -0.25) is 0 Å². The maximum absolute atomic E-state index is 12.6. The second kappa shape index (κ2) is 6.76. The molecule has 0 saturated carbocycles. The number of hydrogen-bond acceptors (Lipinski definition) is 1. The van der Waals surface area contributed by atoms with Gasteiger partial charge in [0.05, 0.1) is 8.07 Å². The van der Waals surface area contributed by atoms with Crippen molar-refractivity contribution < 1.29 is 17.3 Å². The average molecular weight is 341 g/mol. The van der Waals surface area contributed by atoms with Gasteiger partial charge in [0, 0.05) is 6.42 Å². The lowest BCUT2D eigenvalue weighted by atomic mass is 10.5. The Morgan fingerprint density at radius 1 is 1.00 bits per heavy atom. The zero-order valence-electron chi connectivity index (χ0n) is 13.2. The summed E-state index contributed by atoms with van der Waals surface area (Å²) in [4.78, 5) is 0. The van der Waals surface area contributed by atoms with Crippen LogP contribution < -0.4 is 0 Å². The molecule has 0 spiro atoms. The van der Waals surface area contributed by atoms with Crippen molar-refractivity contribution in [2.45, 2.75) is 57.0 Å². The van der Waals surface area contributed by atoms with Crippen LogP contribution in [0.1, 0.15) is 6.42 Å². The van der Waals surface area contributed by atoms with Crippen LogP contribution in [0.3, 0.4) is 0 Å². The lowest BCUT2D eigenvalue weighted by Gasteiger charge is -2.38. The van der Waals surface area contributed by atoms with Crippen LogP contribution in [0.25, 0.3) is 0 Å². The number of halogens is 3. The molecular weight excluding hydrogens is 313 g/mol. The molecule has 0 aromatic rings. The molecule has 1 unspecified atom stereocenters. The zero-order chi connectivity index (χ0) is 16.2. The van der Waals surface area contributed by atoms with Crippen LogP contribution in [0.4, 0.5) is 13.2 Å². The quantitative estimate of drug-likeness (QED) is 0.535. The van der Waals surface area contributed by atoms with Gasteiger partial charge in [-0.05, 0) is 31.4 Å². The molecular formula is C13H27F3OSi3. The minimum absolute atomic E-state index is 0.130. The molecule has 0 aromatic heterocycles. The summed E-state index contributed by atoms with van der Waals surface area (Å²) < 4.78 is 43.9. The van der Waals surface area contributed by atoms with Gasteiger partial charge < -0.3 is 4.12 Å². The van der Waals surface area contributed by atoms with E-state index in [2.05, 4.69) is 26.3 Å². The molecule has 0 fully saturated rings. The minimum Gasteiger partial charge on any atom is -0.453 e. The molecule has 0 aliphatic carbocycles. The first kappa shape index (κ1) is 19.9. The Balaban J connectivity index is 5.12. The van der Waals surface area contributed by atoms with Crippen molar-refractivity contribution in [1.82, 2.24) is 0 Å². The fourth-order valence-electron chi connectivity index (χ4n) is 2.29. The Kier molecular flexibility index (Phi) is 6.72. The first-order chi connectivity index (χ1) is 8.74. The molecule has 0 radical (unpaired) electrons. The fraction of sp³-hybridized carbons (Fsp3) is 0.692. The van der Waals surface area contributed by atoms with Crippen molar-refractivity contribution in [2.75, 3.05) is 0 Å². The first-order valence-corrected chi connectivity index (χ1v) is 15.9. The third-order valence-electron chi connectivity index (χ3n) is 3.32. The van der Waals surface area contributed by atoms with E-state index >= 15 is 0 Å². The second-order valence-corrected chi connectivity index (χ2v) is 20.5. The number of rotatable bonds is 8. The maximum atomic E-state index is 12.6. The van der Waals surface area contributed by atoms with E-state index in [1.54, 1.807) is 5.70 Å². The van der Waals surface area contributed by atoms with E-state index in [0.29, 0.717) is 0 Å². The van der Waals surface area contributed by atoms with Crippen LogP contribution in [0.5, 0.6) is 0 Å². The van der Waals surface area contributed by atoms with Gasteiger partial charge in [0.25, 0.3) is 0 Å². The highest BCUT2D eigenvalue weighted by Crippen LogP contribution is 2.33. The molecule has 0 saturated heterocycles. The van der Waals surface area contributed by atoms with E-state index in [-0.39, 0.29) is 6.04 Å². The largest absolute Gasteiger partial charge is 0.453 e. The molecule has 0 rings (SSSR count). The van der Waals surface area contributed by atoms with E-state index in [1.807, 2.05) is 25.3 Å². The van der Waals surface area contributed by atoms with Crippen LogP contribution in [0.15, 0.2) is 24.6 Å². The summed E-state index contributed by atoms with van der Waals surface area (Å²) in [6.45, 7) is 17.8. The lowest BCUT2D eigenvalue weighted by Crippen LogP contribution is -2.50. The summed E-state index contributed by atoms with van der Waals surface area (Å²) in [6.07, 6.45) is -4.86. The van der Waals surface area contributed by atoms with E-state index in [9.17, 15) is 13.2 Å². The summed E-state index contributed by atoms with van der Waals surface area (Å²) in [5.41, 5.74) is 4.52. The summed E-state index contributed by atoms with van der Waals surface area (Å²) in [5, 5.41) is 0. The van der Waals surface area contributed by atoms with Crippen LogP contribution in [0.2, 0.25) is 44.4 Å². The van der Waals surface area contributed by atoms with Crippen LogP contribution in [0, 0.1) is 0 Å². The maximum Gasteiger partial charge on any atom is 0.388 e. The van der Waals surface area contributed by atoms with E-state index in [0.717, 1.165) is 5.67 Å². The molecule has 1 atom stereocenters. The summed E-state index contributed by atoms with van der Waals surface area (Å²) >= 11 is 0. The Bertz CT molecular complexity index is 329. The Labute approximate surface area is 124 Å². The molecule has 0 bridgehead atoms. The van der Waals surface area contributed by atoms with Gasteiger partial charge in [0.2, 0.25) is 0 Å². The Morgan fingerprint density at radius 2 is 1.50 bits per heavy atom. The molecule has 0 aromatic carbocycles. The molecule has 20 heavy (non-hydrogen) atoms. The predicted octanol–water partition coefficient (Wildman–Crippen LogP) is 5.43. The lowest BCUT2D eigenvalue weighted by molar-refractivity contribution is -0.131.